The molecule has 0 aromatic heterocycles. The summed E-state index contributed by atoms with van der Waals surface area (Å²) in [7, 11) is 0. The van der Waals surface area contributed by atoms with E-state index in [-0.39, 0.29) is 11.9 Å². The van der Waals surface area contributed by atoms with E-state index in [4.69, 9.17) is 10.5 Å². The van der Waals surface area contributed by atoms with E-state index in [0.717, 1.165) is 5.56 Å². The van der Waals surface area contributed by atoms with Gasteiger partial charge in [0.15, 0.2) is 0 Å². The van der Waals surface area contributed by atoms with E-state index < -0.39 is 5.60 Å². The highest BCUT2D eigenvalue weighted by atomic mass is 19.1. The Morgan fingerprint density at radius 3 is 3.00 bits per heavy atom. The van der Waals surface area contributed by atoms with Gasteiger partial charge in [-0.2, -0.15) is 0 Å². The van der Waals surface area contributed by atoms with Crippen molar-refractivity contribution in [2.75, 3.05) is 13.1 Å². The summed E-state index contributed by atoms with van der Waals surface area (Å²) < 4.78 is 18.4. The van der Waals surface area contributed by atoms with Gasteiger partial charge in [-0.25, -0.2) is 9.18 Å². The average Bonchev–Trinajstić information content (AvgIpc) is 2.54. The molecule has 2 rings (SSSR count). The Labute approximate surface area is 106 Å². The summed E-state index contributed by atoms with van der Waals surface area (Å²) in [5.74, 6) is -0.301. The number of carbonyl (C=O) groups excluding carboxylic acids is 1. The molecule has 1 saturated heterocycles. The third-order valence-corrected chi connectivity index (χ3v) is 3.05. The molecule has 1 amide bonds. The first kappa shape index (κ1) is 12.8. The van der Waals surface area contributed by atoms with Gasteiger partial charge in [-0.15, -0.1) is 0 Å². The topological polar surface area (TPSA) is 55.6 Å². The molecule has 1 heterocycles. The Morgan fingerprint density at radius 1 is 1.56 bits per heavy atom. The fourth-order valence-corrected chi connectivity index (χ4v) is 2.19. The predicted octanol–water partition coefficient (Wildman–Crippen LogP) is 1.89. The maximum Gasteiger partial charge on any atom is 0.410 e. The lowest BCUT2D eigenvalue weighted by molar-refractivity contribution is 0.0669. The van der Waals surface area contributed by atoms with Crippen molar-refractivity contribution in [1.29, 1.82) is 0 Å². The van der Waals surface area contributed by atoms with Crippen molar-refractivity contribution >= 4 is 6.09 Å². The Balaban J connectivity index is 2.05. The minimum Gasteiger partial charge on any atom is -0.441 e. The van der Waals surface area contributed by atoms with Gasteiger partial charge in [0, 0.05) is 13.0 Å². The van der Waals surface area contributed by atoms with Crippen molar-refractivity contribution < 1.29 is 13.9 Å². The van der Waals surface area contributed by atoms with Gasteiger partial charge in [0.05, 0.1) is 6.54 Å². The Morgan fingerprint density at radius 2 is 2.33 bits per heavy atom. The molecule has 0 radical (unpaired) electrons. The second-order valence-corrected chi connectivity index (χ2v) is 4.84. The lowest BCUT2D eigenvalue weighted by atomic mass is 10.0. The van der Waals surface area contributed by atoms with Gasteiger partial charge in [0.1, 0.15) is 11.4 Å². The maximum atomic E-state index is 13.1. The monoisotopic (exact) mass is 252 g/mol. The summed E-state index contributed by atoms with van der Waals surface area (Å²) in [6, 6.07) is 6.22. The van der Waals surface area contributed by atoms with Crippen molar-refractivity contribution in [3.8, 4) is 0 Å². The molecule has 18 heavy (non-hydrogen) atoms. The maximum absolute atomic E-state index is 13.1. The molecule has 0 bridgehead atoms. The number of halogens is 1. The average molecular weight is 252 g/mol. The first-order valence-corrected chi connectivity index (χ1v) is 5.95. The highest BCUT2D eigenvalue weighted by molar-refractivity contribution is 5.70. The zero-order valence-electron chi connectivity index (χ0n) is 10.4. The van der Waals surface area contributed by atoms with Crippen molar-refractivity contribution in [2.45, 2.75) is 25.5 Å². The molecule has 1 aliphatic heterocycles. The SMILES string of the molecule is CC1(CCN)CN(Cc2cccc(F)c2)C(=O)O1. The smallest absolute Gasteiger partial charge is 0.410 e. The van der Waals surface area contributed by atoms with E-state index in [1.54, 1.807) is 17.0 Å². The van der Waals surface area contributed by atoms with Crippen molar-refractivity contribution in [3.63, 3.8) is 0 Å². The lowest BCUT2D eigenvalue weighted by Gasteiger charge is -2.20. The Kier molecular flexibility index (Phi) is 3.52. The number of hydrogen-bond donors (Lipinski definition) is 1. The largest absolute Gasteiger partial charge is 0.441 e. The van der Waals surface area contributed by atoms with E-state index in [1.165, 1.54) is 12.1 Å². The van der Waals surface area contributed by atoms with E-state index in [9.17, 15) is 9.18 Å². The first-order valence-electron chi connectivity index (χ1n) is 5.95. The molecule has 1 atom stereocenters. The molecular weight excluding hydrogens is 235 g/mol. The Hall–Kier alpha value is -1.62. The third kappa shape index (κ3) is 2.79. The van der Waals surface area contributed by atoms with Crippen LogP contribution in [-0.4, -0.2) is 29.7 Å². The van der Waals surface area contributed by atoms with Gasteiger partial charge in [0.2, 0.25) is 0 Å². The Bertz CT molecular complexity index is 452. The molecular formula is C13H17FN2O2. The van der Waals surface area contributed by atoms with E-state index >= 15 is 0 Å². The molecule has 1 fully saturated rings. The third-order valence-electron chi connectivity index (χ3n) is 3.05. The predicted molar refractivity (Wildman–Crippen MR) is 65.4 cm³/mol. The molecule has 5 heteroatoms. The highest BCUT2D eigenvalue weighted by Crippen LogP contribution is 2.26. The first-order chi connectivity index (χ1) is 8.52. The van der Waals surface area contributed by atoms with Crippen LogP contribution in [0.1, 0.15) is 18.9 Å². The fourth-order valence-electron chi connectivity index (χ4n) is 2.19. The highest BCUT2D eigenvalue weighted by Gasteiger charge is 2.40. The second-order valence-electron chi connectivity index (χ2n) is 4.84. The fraction of sp³-hybridized carbons (Fsp3) is 0.462. The standard InChI is InChI=1S/C13H17FN2O2/c1-13(5-6-15)9-16(12(17)18-13)8-10-3-2-4-11(14)7-10/h2-4,7H,5-6,8-9,15H2,1H3. The number of carbonyl (C=O) groups is 1. The van der Waals surface area contributed by atoms with Gasteiger partial charge >= 0.3 is 6.09 Å². The van der Waals surface area contributed by atoms with Crippen LogP contribution >= 0.6 is 0 Å². The number of benzene rings is 1. The van der Waals surface area contributed by atoms with Crippen molar-refractivity contribution in [2.24, 2.45) is 5.73 Å². The van der Waals surface area contributed by atoms with Gasteiger partial charge in [-0.3, -0.25) is 4.90 Å². The zero-order valence-corrected chi connectivity index (χ0v) is 10.4. The minimum absolute atomic E-state index is 0.301. The second kappa shape index (κ2) is 4.94. The van der Waals surface area contributed by atoms with Crippen LogP contribution in [-0.2, 0) is 11.3 Å². The van der Waals surface area contributed by atoms with Gasteiger partial charge in [-0.05, 0) is 31.2 Å². The molecule has 0 saturated carbocycles. The molecule has 1 unspecified atom stereocenters. The van der Waals surface area contributed by atoms with Crippen LogP contribution in [0.4, 0.5) is 9.18 Å². The van der Waals surface area contributed by atoms with Crippen molar-refractivity contribution in [1.82, 2.24) is 4.90 Å². The van der Waals surface area contributed by atoms with E-state index in [1.807, 2.05) is 6.92 Å². The number of rotatable bonds is 4. The molecule has 1 aromatic rings. The van der Waals surface area contributed by atoms with Crippen LogP contribution in [0.25, 0.3) is 0 Å². The lowest BCUT2D eigenvalue weighted by Crippen LogP contribution is -2.33. The number of hydrogen-bond acceptors (Lipinski definition) is 3. The number of nitrogens with zero attached hydrogens (tertiary/aromatic N) is 1. The number of cyclic esters (lactones) is 1. The summed E-state index contributed by atoms with van der Waals surface area (Å²) >= 11 is 0. The molecule has 1 aromatic carbocycles. The van der Waals surface area contributed by atoms with E-state index in [2.05, 4.69) is 0 Å². The van der Waals surface area contributed by atoms with Crippen LogP contribution in [0.5, 0.6) is 0 Å². The van der Waals surface area contributed by atoms with Crippen LogP contribution < -0.4 is 5.73 Å². The van der Waals surface area contributed by atoms with Crippen molar-refractivity contribution in [3.05, 3.63) is 35.6 Å². The molecule has 1 aliphatic rings. The van der Waals surface area contributed by atoms with Gasteiger partial charge < -0.3 is 10.5 Å². The quantitative estimate of drug-likeness (QED) is 0.890. The van der Waals surface area contributed by atoms with Gasteiger partial charge in [0.25, 0.3) is 0 Å². The molecule has 0 aliphatic carbocycles. The number of amides is 1. The van der Waals surface area contributed by atoms with E-state index in [0.29, 0.717) is 26.1 Å². The van der Waals surface area contributed by atoms with Crippen LogP contribution in [0, 0.1) is 5.82 Å². The molecule has 98 valence electrons. The summed E-state index contributed by atoms with van der Waals surface area (Å²) in [4.78, 5) is 13.3. The molecule has 2 N–H and O–H groups in total. The normalized spacial score (nSPS) is 23.3. The van der Waals surface area contributed by atoms with Crippen LogP contribution in [0.15, 0.2) is 24.3 Å². The summed E-state index contributed by atoms with van der Waals surface area (Å²) in [5.41, 5.74) is 5.72. The number of ether oxygens (including phenoxy) is 1. The van der Waals surface area contributed by atoms with Crippen LogP contribution in [0.2, 0.25) is 0 Å². The summed E-state index contributed by atoms with van der Waals surface area (Å²) in [6.45, 7) is 3.18. The minimum atomic E-state index is -0.529. The summed E-state index contributed by atoms with van der Waals surface area (Å²) in [5, 5.41) is 0. The van der Waals surface area contributed by atoms with Gasteiger partial charge in [-0.1, -0.05) is 12.1 Å². The molecule has 4 nitrogen and oxygen atoms in total. The molecule has 0 spiro atoms. The van der Waals surface area contributed by atoms with Crippen LogP contribution in [0.3, 0.4) is 0 Å². The number of nitrogens with two attached hydrogens (primary N) is 1. The summed E-state index contributed by atoms with van der Waals surface area (Å²) in [6.07, 6.45) is 0.258. The zero-order chi connectivity index (χ0) is 13.2.